The van der Waals surface area contributed by atoms with Crippen molar-refractivity contribution in [3.05, 3.63) is 90.3 Å². The minimum atomic E-state index is -0.581. The highest BCUT2D eigenvalue weighted by atomic mass is 16.6. The number of hydrogen-bond acceptors (Lipinski definition) is 6. The number of aromatic nitrogens is 2. The topological polar surface area (TPSA) is 82.9 Å². The van der Waals surface area contributed by atoms with Gasteiger partial charge in [-0.3, -0.25) is 9.69 Å². The molecule has 0 saturated heterocycles. The van der Waals surface area contributed by atoms with E-state index < -0.39 is 11.7 Å². The molecular weight excluding hydrogens is 506 g/mol. The fraction of sp³-hybridized carbons (Fsp3) is 0.344. The molecule has 210 valence electrons. The van der Waals surface area contributed by atoms with E-state index in [-0.39, 0.29) is 18.4 Å². The molecule has 0 radical (unpaired) electrons. The summed E-state index contributed by atoms with van der Waals surface area (Å²) in [5.41, 5.74) is 2.28. The zero-order chi connectivity index (χ0) is 28.7. The molecule has 2 heterocycles. The van der Waals surface area contributed by atoms with Crippen molar-refractivity contribution in [3.8, 4) is 5.75 Å². The van der Waals surface area contributed by atoms with E-state index in [9.17, 15) is 9.59 Å². The van der Waals surface area contributed by atoms with E-state index in [0.717, 1.165) is 27.9 Å². The van der Waals surface area contributed by atoms with Crippen molar-refractivity contribution in [2.24, 2.45) is 0 Å². The summed E-state index contributed by atoms with van der Waals surface area (Å²) in [4.78, 5) is 30.8. The lowest BCUT2D eigenvalue weighted by Gasteiger charge is -2.24. The Kier molecular flexibility index (Phi) is 9.09. The van der Waals surface area contributed by atoms with Crippen LogP contribution in [-0.4, -0.2) is 47.5 Å². The van der Waals surface area contributed by atoms with E-state index in [0.29, 0.717) is 25.5 Å². The van der Waals surface area contributed by atoms with Gasteiger partial charge in [0.05, 0.1) is 25.7 Å². The van der Waals surface area contributed by atoms with Crippen molar-refractivity contribution in [2.45, 2.75) is 52.2 Å². The van der Waals surface area contributed by atoms with Crippen molar-refractivity contribution in [1.82, 2.24) is 9.55 Å². The van der Waals surface area contributed by atoms with Gasteiger partial charge in [0.1, 0.15) is 17.2 Å². The Bertz CT molecular complexity index is 1440. The number of carbonyl (C=O) groups excluding carboxylic acids is 2. The molecular formula is C32H37N3O5. The highest BCUT2D eigenvalue weighted by Crippen LogP contribution is 2.30. The molecule has 0 bridgehead atoms. The van der Waals surface area contributed by atoms with Crippen LogP contribution in [0.4, 0.5) is 10.6 Å². The third-order valence-corrected chi connectivity index (χ3v) is 6.31. The second-order valence-electron chi connectivity index (χ2n) is 10.5. The van der Waals surface area contributed by atoms with Crippen LogP contribution >= 0.6 is 0 Å². The van der Waals surface area contributed by atoms with Crippen LogP contribution in [0.3, 0.4) is 0 Å². The number of anilines is 1. The average Bonchev–Trinajstić information content (AvgIpc) is 3.34. The van der Waals surface area contributed by atoms with Gasteiger partial charge in [0.15, 0.2) is 0 Å². The van der Waals surface area contributed by atoms with Crippen LogP contribution in [-0.2, 0) is 20.7 Å². The zero-order valence-electron chi connectivity index (χ0n) is 23.8. The van der Waals surface area contributed by atoms with E-state index in [1.165, 1.54) is 4.90 Å². The zero-order valence-corrected chi connectivity index (χ0v) is 23.8. The Balaban J connectivity index is 1.43. The number of carbonyl (C=O) groups is 2. The predicted octanol–water partition coefficient (Wildman–Crippen LogP) is 6.57. The fourth-order valence-electron chi connectivity index (χ4n) is 4.42. The SMILES string of the molecule is CCOC(=O)CC(c1ccccc1)n1ccc2cc(OCCc3cccc(N(C)C(=O)OC(C)(C)C)n3)ccc21. The Morgan fingerprint density at radius 1 is 1.00 bits per heavy atom. The maximum absolute atomic E-state index is 12.4. The van der Waals surface area contributed by atoms with Crippen LogP contribution in [0.1, 0.15) is 51.4 Å². The fourth-order valence-corrected chi connectivity index (χ4v) is 4.42. The first-order valence-electron chi connectivity index (χ1n) is 13.5. The van der Waals surface area contributed by atoms with E-state index in [4.69, 9.17) is 14.2 Å². The van der Waals surface area contributed by atoms with Crippen molar-refractivity contribution in [1.29, 1.82) is 0 Å². The second kappa shape index (κ2) is 12.7. The Hall–Kier alpha value is -4.33. The molecule has 4 aromatic rings. The van der Waals surface area contributed by atoms with Gasteiger partial charge in [-0.1, -0.05) is 36.4 Å². The smallest absolute Gasteiger partial charge is 0.415 e. The third kappa shape index (κ3) is 7.40. The molecule has 0 aliphatic rings. The summed E-state index contributed by atoms with van der Waals surface area (Å²) in [6.45, 7) is 8.09. The largest absolute Gasteiger partial charge is 0.493 e. The number of benzene rings is 2. The lowest BCUT2D eigenvalue weighted by Crippen LogP contribution is -2.34. The summed E-state index contributed by atoms with van der Waals surface area (Å²) in [6.07, 6.45) is 2.37. The van der Waals surface area contributed by atoms with Crippen molar-refractivity contribution in [3.63, 3.8) is 0 Å². The molecule has 0 N–H and O–H groups in total. The number of amides is 1. The highest BCUT2D eigenvalue weighted by Gasteiger charge is 2.22. The molecule has 1 unspecified atom stereocenters. The van der Waals surface area contributed by atoms with E-state index >= 15 is 0 Å². The van der Waals surface area contributed by atoms with E-state index in [1.807, 2.05) is 101 Å². The van der Waals surface area contributed by atoms with Gasteiger partial charge >= 0.3 is 12.1 Å². The lowest BCUT2D eigenvalue weighted by atomic mass is 10.0. The number of rotatable bonds is 10. The summed E-state index contributed by atoms with van der Waals surface area (Å²) < 4.78 is 18.9. The molecule has 0 fully saturated rings. The molecule has 2 aromatic heterocycles. The first-order chi connectivity index (χ1) is 19.1. The molecule has 0 spiro atoms. The molecule has 8 nitrogen and oxygen atoms in total. The second-order valence-corrected chi connectivity index (χ2v) is 10.5. The van der Waals surface area contributed by atoms with Crippen LogP contribution in [0.5, 0.6) is 5.75 Å². The Morgan fingerprint density at radius 3 is 2.50 bits per heavy atom. The number of fused-ring (bicyclic) bond motifs is 1. The van der Waals surface area contributed by atoms with Crippen LogP contribution in [0.25, 0.3) is 10.9 Å². The lowest BCUT2D eigenvalue weighted by molar-refractivity contribution is -0.143. The van der Waals surface area contributed by atoms with Crippen molar-refractivity contribution in [2.75, 3.05) is 25.2 Å². The molecule has 4 rings (SSSR count). The molecule has 40 heavy (non-hydrogen) atoms. The van der Waals surface area contributed by atoms with Gasteiger partial charge in [-0.2, -0.15) is 0 Å². The first kappa shape index (κ1) is 28.7. The molecule has 1 atom stereocenters. The molecule has 0 saturated carbocycles. The summed E-state index contributed by atoms with van der Waals surface area (Å²) >= 11 is 0. The van der Waals surface area contributed by atoms with Gasteiger partial charge in [0.2, 0.25) is 0 Å². The summed E-state index contributed by atoms with van der Waals surface area (Å²) in [6, 6.07) is 23.3. The van der Waals surface area contributed by atoms with Crippen molar-refractivity contribution >= 4 is 28.8 Å². The first-order valence-corrected chi connectivity index (χ1v) is 13.5. The molecule has 2 aromatic carbocycles. The minimum Gasteiger partial charge on any atom is -0.493 e. The normalized spacial score (nSPS) is 12.1. The van der Waals surface area contributed by atoms with Gasteiger partial charge < -0.3 is 18.8 Å². The van der Waals surface area contributed by atoms with Gasteiger partial charge in [-0.25, -0.2) is 9.78 Å². The van der Waals surface area contributed by atoms with Crippen LogP contribution in [0.15, 0.2) is 79.0 Å². The summed E-state index contributed by atoms with van der Waals surface area (Å²) in [7, 11) is 1.65. The van der Waals surface area contributed by atoms with Gasteiger partial charge in [-0.15, -0.1) is 0 Å². The van der Waals surface area contributed by atoms with Crippen LogP contribution < -0.4 is 9.64 Å². The maximum Gasteiger partial charge on any atom is 0.415 e. The van der Waals surface area contributed by atoms with Crippen LogP contribution in [0.2, 0.25) is 0 Å². The maximum atomic E-state index is 12.4. The average molecular weight is 544 g/mol. The third-order valence-electron chi connectivity index (χ3n) is 6.31. The van der Waals surface area contributed by atoms with Crippen LogP contribution in [0, 0.1) is 0 Å². The Morgan fingerprint density at radius 2 is 1.77 bits per heavy atom. The predicted molar refractivity (Wildman–Crippen MR) is 156 cm³/mol. The standard InChI is InChI=1S/C32H37N3O5/c1-6-38-30(36)22-28(23-11-8-7-9-12-23)35-19-17-24-21-26(15-16-27(24)35)39-20-18-25-13-10-14-29(33-25)34(5)31(37)40-32(2,3)4/h7-17,19,21,28H,6,18,20,22H2,1-5H3. The molecule has 1 amide bonds. The quantitative estimate of drug-likeness (QED) is 0.210. The van der Waals surface area contributed by atoms with Gasteiger partial charge in [0.25, 0.3) is 0 Å². The van der Waals surface area contributed by atoms with Crippen molar-refractivity contribution < 1.29 is 23.8 Å². The molecule has 0 aliphatic carbocycles. The van der Waals surface area contributed by atoms with E-state index in [1.54, 1.807) is 13.1 Å². The molecule has 8 heteroatoms. The highest BCUT2D eigenvalue weighted by molar-refractivity contribution is 5.86. The number of pyridine rings is 1. The minimum absolute atomic E-state index is 0.179. The van der Waals surface area contributed by atoms with E-state index in [2.05, 4.69) is 9.55 Å². The van der Waals surface area contributed by atoms with Gasteiger partial charge in [0, 0.05) is 36.3 Å². The number of esters is 1. The summed E-state index contributed by atoms with van der Waals surface area (Å²) in [5, 5.41) is 1.02. The number of nitrogens with zero attached hydrogens (tertiary/aromatic N) is 3. The molecule has 0 aliphatic heterocycles. The number of ether oxygens (including phenoxy) is 3. The summed E-state index contributed by atoms with van der Waals surface area (Å²) in [5.74, 6) is 1.03. The number of hydrogen-bond donors (Lipinski definition) is 0. The Labute approximate surface area is 235 Å². The van der Waals surface area contributed by atoms with Gasteiger partial charge in [-0.05, 0) is 69.7 Å². The monoisotopic (exact) mass is 543 g/mol.